The van der Waals surface area contributed by atoms with Gasteiger partial charge in [0.25, 0.3) is 0 Å². The van der Waals surface area contributed by atoms with Crippen LogP contribution in [0.3, 0.4) is 0 Å². The molecule has 6 heteroatoms. The lowest BCUT2D eigenvalue weighted by Crippen LogP contribution is -2.29. The van der Waals surface area contributed by atoms with Gasteiger partial charge in [0.1, 0.15) is 16.5 Å². The van der Waals surface area contributed by atoms with Crippen LogP contribution in [0.15, 0.2) is 59.5 Å². The molecule has 5 nitrogen and oxygen atoms in total. The van der Waals surface area contributed by atoms with E-state index in [0.29, 0.717) is 5.75 Å². The zero-order valence-electron chi connectivity index (χ0n) is 12.5. The molecule has 0 unspecified atom stereocenters. The van der Waals surface area contributed by atoms with E-state index in [0.717, 1.165) is 5.56 Å². The first-order chi connectivity index (χ1) is 10.9. The van der Waals surface area contributed by atoms with E-state index in [1.54, 1.807) is 49.6 Å². The molecule has 0 aliphatic heterocycles. The van der Waals surface area contributed by atoms with E-state index >= 15 is 0 Å². The van der Waals surface area contributed by atoms with Crippen LogP contribution in [0.1, 0.15) is 11.5 Å². The second-order valence-corrected chi connectivity index (χ2v) is 7.64. The molecule has 0 heterocycles. The smallest absolute Gasteiger partial charge is 0.184 e. The third-order valence-corrected chi connectivity index (χ3v) is 6.51. The van der Waals surface area contributed by atoms with Crippen molar-refractivity contribution in [3.63, 3.8) is 0 Å². The van der Waals surface area contributed by atoms with Crippen molar-refractivity contribution in [1.29, 1.82) is 5.26 Å². The van der Waals surface area contributed by atoms with Gasteiger partial charge >= 0.3 is 0 Å². The van der Waals surface area contributed by atoms with Gasteiger partial charge in [-0.3, -0.25) is 0 Å². The fourth-order valence-electron chi connectivity index (χ4n) is 2.96. The molecule has 2 aromatic carbocycles. The minimum absolute atomic E-state index is 0.186. The molecule has 118 valence electrons. The van der Waals surface area contributed by atoms with E-state index in [1.807, 2.05) is 6.07 Å². The first-order valence-electron chi connectivity index (χ1n) is 7.08. The fourth-order valence-corrected chi connectivity index (χ4v) is 5.17. The molecular formula is C17H16N2O3S. The van der Waals surface area contributed by atoms with Crippen LogP contribution in [0.4, 0.5) is 0 Å². The van der Waals surface area contributed by atoms with Gasteiger partial charge in [0, 0.05) is 5.92 Å². The van der Waals surface area contributed by atoms with Gasteiger partial charge in [0.2, 0.25) is 0 Å². The third-order valence-electron chi connectivity index (χ3n) is 4.25. The molecule has 0 aromatic heterocycles. The van der Waals surface area contributed by atoms with Gasteiger partial charge < -0.3 is 10.5 Å². The standard InChI is InChI=1S/C17H16N2O3S/c1-22-13-9-7-12(8-10-13)15-16(17(15,19)11-18)23(20,21)14-5-3-2-4-6-14/h2-10,15-16H,19H2,1H3/t15-,16-,17+/m0/s1. The number of hydrogen-bond acceptors (Lipinski definition) is 5. The van der Waals surface area contributed by atoms with Crippen molar-refractivity contribution >= 4 is 9.84 Å². The number of sulfone groups is 1. The predicted octanol–water partition coefficient (Wildman–Crippen LogP) is 1.86. The van der Waals surface area contributed by atoms with Gasteiger partial charge in [-0.15, -0.1) is 0 Å². The molecule has 1 fully saturated rings. The zero-order chi connectivity index (χ0) is 16.7. The summed E-state index contributed by atoms with van der Waals surface area (Å²) in [7, 11) is -2.12. The Labute approximate surface area is 135 Å². The lowest BCUT2D eigenvalue weighted by molar-refractivity contribution is 0.414. The van der Waals surface area contributed by atoms with E-state index in [4.69, 9.17) is 10.5 Å². The van der Waals surface area contributed by atoms with Crippen LogP contribution in [0.5, 0.6) is 5.75 Å². The van der Waals surface area contributed by atoms with Crippen molar-refractivity contribution < 1.29 is 13.2 Å². The third kappa shape index (κ3) is 2.38. The molecule has 1 aliphatic rings. The summed E-state index contributed by atoms with van der Waals surface area (Å²) < 4.78 is 30.7. The molecule has 1 aliphatic carbocycles. The Morgan fingerprint density at radius 1 is 1.13 bits per heavy atom. The largest absolute Gasteiger partial charge is 0.497 e. The molecule has 2 aromatic rings. The second kappa shape index (κ2) is 5.37. The van der Waals surface area contributed by atoms with Crippen molar-refractivity contribution in [2.75, 3.05) is 7.11 Å². The highest BCUT2D eigenvalue weighted by molar-refractivity contribution is 7.92. The van der Waals surface area contributed by atoms with Crippen LogP contribution in [0.25, 0.3) is 0 Å². The van der Waals surface area contributed by atoms with Crippen LogP contribution in [-0.2, 0) is 9.84 Å². The minimum atomic E-state index is -3.68. The number of ether oxygens (including phenoxy) is 1. The van der Waals surface area contributed by atoms with Crippen LogP contribution >= 0.6 is 0 Å². The molecule has 3 atom stereocenters. The topological polar surface area (TPSA) is 93.2 Å². The summed E-state index contributed by atoms with van der Waals surface area (Å²) in [5.74, 6) is 0.111. The summed E-state index contributed by atoms with van der Waals surface area (Å²) in [6.07, 6.45) is 0. The Bertz CT molecular complexity index is 857. The van der Waals surface area contributed by atoms with Crippen molar-refractivity contribution in [2.45, 2.75) is 21.6 Å². The van der Waals surface area contributed by atoms with Gasteiger partial charge in [0.05, 0.1) is 18.1 Å². The second-order valence-electron chi connectivity index (χ2n) is 5.57. The SMILES string of the molecule is COc1ccc([C@H]2[C@H](S(=O)(=O)c3ccccc3)[C@@]2(N)C#N)cc1. The lowest BCUT2D eigenvalue weighted by atomic mass is 10.1. The van der Waals surface area contributed by atoms with Gasteiger partial charge in [-0.2, -0.15) is 5.26 Å². The van der Waals surface area contributed by atoms with E-state index < -0.39 is 26.5 Å². The number of hydrogen-bond donors (Lipinski definition) is 1. The van der Waals surface area contributed by atoms with Gasteiger partial charge in [-0.25, -0.2) is 8.42 Å². The van der Waals surface area contributed by atoms with Crippen molar-refractivity contribution in [3.8, 4) is 11.8 Å². The summed E-state index contributed by atoms with van der Waals surface area (Å²) in [6, 6.07) is 17.1. The van der Waals surface area contributed by atoms with Crippen LogP contribution in [-0.4, -0.2) is 26.3 Å². The highest BCUT2D eigenvalue weighted by Crippen LogP contribution is 2.55. The maximum atomic E-state index is 12.8. The molecule has 2 N–H and O–H groups in total. The number of rotatable bonds is 4. The molecule has 0 amide bonds. The molecule has 23 heavy (non-hydrogen) atoms. The van der Waals surface area contributed by atoms with Crippen LogP contribution in [0.2, 0.25) is 0 Å². The Morgan fingerprint density at radius 3 is 2.26 bits per heavy atom. The van der Waals surface area contributed by atoms with Gasteiger partial charge in [-0.05, 0) is 29.8 Å². The van der Waals surface area contributed by atoms with Gasteiger partial charge in [0.15, 0.2) is 9.84 Å². The van der Waals surface area contributed by atoms with Crippen molar-refractivity contribution in [1.82, 2.24) is 0 Å². The molecule has 3 rings (SSSR count). The zero-order valence-corrected chi connectivity index (χ0v) is 13.3. The van der Waals surface area contributed by atoms with E-state index in [-0.39, 0.29) is 4.90 Å². The first-order valence-corrected chi connectivity index (χ1v) is 8.63. The maximum Gasteiger partial charge on any atom is 0.184 e. The predicted molar refractivity (Wildman–Crippen MR) is 85.7 cm³/mol. The normalized spacial score (nSPS) is 26.3. The fraction of sp³-hybridized carbons (Fsp3) is 0.235. The van der Waals surface area contributed by atoms with Crippen LogP contribution < -0.4 is 10.5 Å². The van der Waals surface area contributed by atoms with Crippen LogP contribution in [0, 0.1) is 11.3 Å². The number of nitrogens with two attached hydrogens (primary N) is 1. The highest BCUT2D eigenvalue weighted by atomic mass is 32.2. The molecule has 0 saturated heterocycles. The molecule has 0 bridgehead atoms. The van der Waals surface area contributed by atoms with Gasteiger partial charge in [-0.1, -0.05) is 30.3 Å². The number of methoxy groups -OCH3 is 1. The minimum Gasteiger partial charge on any atom is -0.497 e. The highest BCUT2D eigenvalue weighted by Gasteiger charge is 2.70. The Morgan fingerprint density at radius 2 is 1.74 bits per heavy atom. The molecular weight excluding hydrogens is 312 g/mol. The summed E-state index contributed by atoms with van der Waals surface area (Å²) in [4.78, 5) is 0.186. The number of nitriles is 1. The number of benzene rings is 2. The van der Waals surface area contributed by atoms with E-state index in [9.17, 15) is 13.7 Å². The Balaban J connectivity index is 2.01. The summed E-state index contributed by atoms with van der Waals surface area (Å²) in [5, 5.41) is 8.47. The Kier molecular flexibility index (Phi) is 3.63. The molecule has 0 radical (unpaired) electrons. The summed E-state index contributed by atoms with van der Waals surface area (Å²) in [5.41, 5.74) is 5.40. The monoisotopic (exact) mass is 328 g/mol. The van der Waals surface area contributed by atoms with Crippen molar-refractivity contribution in [2.24, 2.45) is 5.73 Å². The lowest BCUT2D eigenvalue weighted by Gasteiger charge is -2.04. The summed E-state index contributed by atoms with van der Waals surface area (Å²) >= 11 is 0. The van der Waals surface area contributed by atoms with E-state index in [2.05, 4.69) is 0 Å². The quantitative estimate of drug-likeness (QED) is 0.924. The van der Waals surface area contributed by atoms with Crippen molar-refractivity contribution in [3.05, 3.63) is 60.2 Å². The van der Waals surface area contributed by atoms with E-state index in [1.165, 1.54) is 12.1 Å². The number of nitrogens with zero attached hydrogens (tertiary/aromatic N) is 1. The molecule has 1 saturated carbocycles. The maximum absolute atomic E-state index is 12.8. The average Bonchev–Trinajstić information content (AvgIpc) is 3.23. The Hall–Kier alpha value is -2.36. The summed E-state index contributed by atoms with van der Waals surface area (Å²) in [6.45, 7) is 0. The average molecular weight is 328 g/mol. The molecule has 0 spiro atoms. The first kappa shape index (κ1) is 15.5.